The maximum Gasteiger partial charge on any atom is 0.253 e. The zero-order valence-electron chi connectivity index (χ0n) is 18.2. The van der Waals surface area contributed by atoms with Crippen molar-refractivity contribution in [1.29, 1.82) is 0 Å². The lowest BCUT2D eigenvalue weighted by atomic mass is 9.96. The highest BCUT2D eigenvalue weighted by Crippen LogP contribution is 2.22. The van der Waals surface area contributed by atoms with Gasteiger partial charge < -0.3 is 15.4 Å². The number of benzene rings is 2. The molecular formula is C25H30FN3O3. The van der Waals surface area contributed by atoms with Crippen molar-refractivity contribution >= 4 is 17.5 Å². The monoisotopic (exact) mass is 439 g/mol. The molecule has 2 atom stereocenters. The normalized spacial score (nSPS) is 21.3. The number of para-hydroxylation sites is 1. The van der Waals surface area contributed by atoms with Gasteiger partial charge in [0.2, 0.25) is 5.91 Å². The fourth-order valence-electron chi connectivity index (χ4n) is 4.39. The predicted octanol–water partition coefficient (Wildman–Crippen LogP) is 3.59. The molecule has 2 heterocycles. The van der Waals surface area contributed by atoms with Crippen LogP contribution in [0.1, 0.15) is 41.6 Å². The van der Waals surface area contributed by atoms with Crippen LogP contribution >= 0.6 is 0 Å². The highest BCUT2D eigenvalue weighted by molar-refractivity contribution is 6.04. The topological polar surface area (TPSA) is 70.7 Å². The molecule has 2 saturated heterocycles. The molecule has 2 aromatic rings. The van der Waals surface area contributed by atoms with E-state index in [1.807, 2.05) is 6.07 Å². The largest absolute Gasteiger partial charge is 0.376 e. The van der Waals surface area contributed by atoms with E-state index in [1.54, 1.807) is 30.3 Å². The molecular weight excluding hydrogens is 409 g/mol. The number of ether oxygens (including phenoxy) is 1. The third-order valence-corrected chi connectivity index (χ3v) is 6.14. The van der Waals surface area contributed by atoms with Crippen molar-refractivity contribution in [3.63, 3.8) is 0 Å². The van der Waals surface area contributed by atoms with Gasteiger partial charge in [-0.3, -0.25) is 14.5 Å². The first-order chi connectivity index (χ1) is 15.6. The molecule has 0 aliphatic carbocycles. The van der Waals surface area contributed by atoms with Crippen LogP contribution in [-0.4, -0.2) is 49.1 Å². The van der Waals surface area contributed by atoms with Crippen molar-refractivity contribution in [2.45, 2.75) is 38.3 Å². The molecule has 2 fully saturated rings. The SMILES string of the molecule is O=C(NC[C@@H]1CCCO1)c1ccccc1NC(=O)[C@H]1CCCN(Cc2ccc(F)cc2)C1. The second-order valence-electron chi connectivity index (χ2n) is 8.58. The minimum Gasteiger partial charge on any atom is -0.376 e. The number of piperidine rings is 1. The van der Waals surface area contributed by atoms with Crippen LogP contribution in [0.25, 0.3) is 0 Å². The van der Waals surface area contributed by atoms with Gasteiger partial charge in [-0.15, -0.1) is 0 Å². The van der Waals surface area contributed by atoms with Gasteiger partial charge in [-0.1, -0.05) is 24.3 Å². The molecule has 0 aromatic heterocycles. The molecule has 2 N–H and O–H groups in total. The van der Waals surface area contributed by atoms with Crippen LogP contribution in [0.15, 0.2) is 48.5 Å². The summed E-state index contributed by atoms with van der Waals surface area (Å²) in [4.78, 5) is 27.9. The maximum absolute atomic E-state index is 13.2. The van der Waals surface area contributed by atoms with E-state index in [2.05, 4.69) is 15.5 Å². The average molecular weight is 440 g/mol. The molecule has 32 heavy (non-hydrogen) atoms. The van der Waals surface area contributed by atoms with E-state index in [0.29, 0.717) is 30.9 Å². The van der Waals surface area contributed by atoms with Crippen LogP contribution in [0.2, 0.25) is 0 Å². The molecule has 7 heteroatoms. The molecule has 170 valence electrons. The molecule has 0 unspecified atom stereocenters. The number of carbonyl (C=O) groups is 2. The van der Waals surface area contributed by atoms with E-state index in [4.69, 9.17) is 4.74 Å². The van der Waals surface area contributed by atoms with Gasteiger partial charge in [0, 0.05) is 26.2 Å². The molecule has 2 aromatic carbocycles. The van der Waals surface area contributed by atoms with Crippen LogP contribution in [0.4, 0.5) is 10.1 Å². The smallest absolute Gasteiger partial charge is 0.253 e. The van der Waals surface area contributed by atoms with Crippen LogP contribution in [-0.2, 0) is 16.1 Å². The van der Waals surface area contributed by atoms with Crippen LogP contribution in [0, 0.1) is 11.7 Å². The van der Waals surface area contributed by atoms with Crippen molar-refractivity contribution in [3.8, 4) is 0 Å². The van der Waals surface area contributed by atoms with Crippen LogP contribution in [0.5, 0.6) is 0 Å². The highest BCUT2D eigenvalue weighted by Gasteiger charge is 2.27. The van der Waals surface area contributed by atoms with E-state index in [-0.39, 0.29) is 29.7 Å². The number of halogens is 1. The molecule has 0 spiro atoms. The van der Waals surface area contributed by atoms with Crippen molar-refractivity contribution in [2.24, 2.45) is 5.92 Å². The Balaban J connectivity index is 1.34. The van der Waals surface area contributed by atoms with Gasteiger partial charge in [0.25, 0.3) is 5.91 Å². The van der Waals surface area contributed by atoms with Crippen molar-refractivity contribution < 1.29 is 18.7 Å². The quantitative estimate of drug-likeness (QED) is 0.692. The summed E-state index contributed by atoms with van der Waals surface area (Å²) in [5.41, 5.74) is 2.01. The highest BCUT2D eigenvalue weighted by atomic mass is 19.1. The minimum absolute atomic E-state index is 0.0648. The van der Waals surface area contributed by atoms with Crippen molar-refractivity contribution in [1.82, 2.24) is 10.2 Å². The number of anilines is 1. The van der Waals surface area contributed by atoms with Gasteiger partial charge in [0.1, 0.15) is 5.82 Å². The Morgan fingerprint density at radius 2 is 1.88 bits per heavy atom. The Labute approximate surface area is 188 Å². The molecule has 4 rings (SSSR count). The predicted molar refractivity (Wildman–Crippen MR) is 121 cm³/mol. The van der Waals surface area contributed by atoms with Crippen molar-refractivity contribution in [3.05, 3.63) is 65.5 Å². The second kappa shape index (κ2) is 10.7. The molecule has 0 bridgehead atoms. The zero-order chi connectivity index (χ0) is 22.3. The number of nitrogens with one attached hydrogen (secondary N) is 2. The van der Waals surface area contributed by atoms with Gasteiger partial charge >= 0.3 is 0 Å². The lowest BCUT2D eigenvalue weighted by molar-refractivity contribution is -0.121. The number of hydrogen-bond donors (Lipinski definition) is 2. The Kier molecular flexibility index (Phi) is 7.50. The molecule has 2 amide bonds. The summed E-state index contributed by atoms with van der Waals surface area (Å²) in [5.74, 6) is -0.693. The van der Waals surface area contributed by atoms with Gasteiger partial charge in [-0.05, 0) is 62.1 Å². The van der Waals surface area contributed by atoms with E-state index in [1.165, 1.54) is 12.1 Å². The molecule has 6 nitrogen and oxygen atoms in total. The summed E-state index contributed by atoms with van der Waals surface area (Å²) in [6.45, 7) is 3.45. The second-order valence-corrected chi connectivity index (χ2v) is 8.58. The molecule has 0 saturated carbocycles. The first kappa shape index (κ1) is 22.4. The molecule has 0 radical (unpaired) electrons. The average Bonchev–Trinajstić information content (AvgIpc) is 3.33. The minimum atomic E-state index is -0.247. The lowest BCUT2D eigenvalue weighted by Crippen LogP contribution is -2.40. The third-order valence-electron chi connectivity index (χ3n) is 6.14. The molecule has 2 aliphatic heterocycles. The number of amides is 2. The van der Waals surface area contributed by atoms with Crippen LogP contribution in [0.3, 0.4) is 0 Å². The summed E-state index contributed by atoms with van der Waals surface area (Å²) in [6, 6.07) is 13.6. The summed E-state index contributed by atoms with van der Waals surface area (Å²) >= 11 is 0. The number of likely N-dealkylation sites (tertiary alicyclic amines) is 1. The molecule has 2 aliphatic rings. The Morgan fingerprint density at radius 1 is 1.06 bits per heavy atom. The first-order valence-corrected chi connectivity index (χ1v) is 11.3. The summed E-state index contributed by atoms with van der Waals surface area (Å²) in [5, 5.41) is 5.90. The number of hydrogen-bond acceptors (Lipinski definition) is 4. The summed E-state index contributed by atoms with van der Waals surface area (Å²) in [6.07, 6.45) is 3.76. The van der Waals surface area contributed by atoms with Crippen molar-refractivity contribution in [2.75, 3.05) is 31.6 Å². The van der Waals surface area contributed by atoms with Gasteiger partial charge in [-0.25, -0.2) is 4.39 Å². The summed E-state index contributed by atoms with van der Waals surface area (Å²) in [7, 11) is 0. The number of nitrogens with zero attached hydrogens (tertiary/aromatic N) is 1. The lowest BCUT2D eigenvalue weighted by Gasteiger charge is -2.32. The number of rotatable bonds is 7. The van der Waals surface area contributed by atoms with Crippen LogP contribution < -0.4 is 10.6 Å². The van der Waals surface area contributed by atoms with Gasteiger partial charge in [0.05, 0.1) is 23.3 Å². The number of carbonyl (C=O) groups excluding carboxylic acids is 2. The Bertz CT molecular complexity index is 928. The standard InChI is InChI=1S/C25H30FN3O3/c26-20-11-9-18(10-12-20)16-29-13-3-5-19(17-29)24(30)28-23-8-2-1-7-22(23)25(31)27-15-21-6-4-14-32-21/h1-2,7-12,19,21H,3-6,13-17H2,(H,27,31)(H,28,30)/t19-,21-/m0/s1. The van der Waals surface area contributed by atoms with E-state index < -0.39 is 0 Å². The first-order valence-electron chi connectivity index (χ1n) is 11.3. The van der Waals surface area contributed by atoms with E-state index >= 15 is 0 Å². The van der Waals surface area contributed by atoms with Gasteiger partial charge in [0.15, 0.2) is 0 Å². The fraction of sp³-hybridized carbons (Fsp3) is 0.440. The maximum atomic E-state index is 13.2. The summed E-state index contributed by atoms with van der Waals surface area (Å²) < 4.78 is 18.7. The Hall–Kier alpha value is -2.77. The Morgan fingerprint density at radius 3 is 2.66 bits per heavy atom. The van der Waals surface area contributed by atoms with E-state index in [9.17, 15) is 14.0 Å². The van der Waals surface area contributed by atoms with E-state index in [0.717, 1.165) is 44.4 Å². The fourth-order valence-corrected chi connectivity index (χ4v) is 4.39. The zero-order valence-corrected chi connectivity index (χ0v) is 18.2. The third kappa shape index (κ3) is 5.93. The van der Waals surface area contributed by atoms with Gasteiger partial charge in [-0.2, -0.15) is 0 Å².